The molecule has 0 aliphatic heterocycles. The summed E-state index contributed by atoms with van der Waals surface area (Å²) in [5.41, 5.74) is 0.951. The molecule has 0 heterocycles. The van der Waals surface area contributed by atoms with Crippen molar-refractivity contribution in [3.05, 3.63) is 58.6 Å². The van der Waals surface area contributed by atoms with E-state index in [1.54, 1.807) is 36.4 Å². The number of ether oxygens (including phenoxy) is 1. The van der Waals surface area contributed by atoms with Gasteiger partial charge in [0.2, 0.25) is 0 Å². The van der Waals surface area contributed by atoms with Crippen molar-refractivity contribution in [2.45, 2.75) is 13.3 Å². The van der Waals surface area contributed by atoms with Gasteiger partial charge in [-0.05, 0) is 36.2 Å². The second-order valence-electron chi connectivity index (χ2n) is 4.08. The molecule has 0 spiro atoms. The molecule has 0 saturated carbocycles. The first-order valence-corrected chi connectivity index (χ1v) is 6.41. The lowest BCUT2D eigenvalue weighted by atomic mass is 10.1. The van der Waals surface area contributed by atoms with Gasteiger partial charge in [-0.3, -0.25) is 0 Å². The summed E-state index contributed by atoms with van der Waals surface area (Å²) in [6, 6.07) is 11.7. The zero-order valence-electron chi connectivity index (χ0n) is 10.7. The zero-order valence-corrected chi connectivity index (χ0v) is 11.5. The van der Waals surface area contributed by atoms with Gasteiger partial charge in [0.05, 0.1) is 5.02 Å². The molecule has 0 unspecified atom stereocenters. The van der Waals surface area contributed by atoms with Crippen LogP contribution >= 0.6 is 11.6 Å². The summed E-state index contributed by atoms with van der Waals surface area (Å²) in [7, 11) is 0. The average Bonchev–Trinajstić information content (AvgIpc) is 2.48. The van der Waals surface area contributed by atoms with Crippen LogP contribution in [0.3, 0.4) is 0 Å². The molecule has 0 fully saturated rings. The lowest BCUT2D eigenvalue weighted by Gasteiger charge is -2.11. The van der Waals surface area contributed by atoms with Crippen molar-refractivity contribution in [2.24, 2.45) is 0 Å². The third-order valence-electron chi connectivity index (χ3n) is 2.80. The quantitative estimate of drug-likeness (QED) is 0.817. The second-order valence-corrected chi connectivity index (χ2v) is 4.49. The SMILES string of the molecule is CCc1ccc(C(=O)OF)c(Oc2ccccc2Cl)c1. The Morgan fingerprint density at radius 2 is 1.95 bits per heavy atom. The summed E-state index contributed by atoms with van der Waals surface area (Å²) in [5, 5.41) is 0.397. The number of hydrogen-bond donors (Lipinski definition) is 0. The van der Waals surface area contributed by atoms with Crippen molar-refractivity contribution >= 4 is 17.6 Å². The van der Waals surface area contributed by atoms with Gasteiger partial charge in [0.15, 0.2) is 0 Å². The Labute approximate surface area is 120 Å². The number of carbonyl (C=O) groups excluding carboxylic acids is 1. The molecule has 2 rings (SSSR count). The van der Waals surface area contributed by atoms with E-state index < -0.39 is 5.97 Å². The third kappa shape index (κ3) is 3.08. The van der Waals surface area contributed by atoms with E-state index in [2.05, 4.69) is 4.94 Å². The fourth-order valence-electron chi connectivity index (χ4n) is 1.73. The molecule has 104 valence electrons. The Morgan fingerprint density at radius 3 is 2.60 bits per heavy atom. The summed E-state index contributed by atoms with van der Waals surface area (Å²) in [4.78, 5) is 14.7. The fraction of sp³-hybridized carbons (Fsp3) is 0.133. The number of rotatable bonds is 4. The number of benzene rings is 2. The maximum Gasteiger partial charge on any atom is 0.383 e. The number of hydrogen-bond acceptors (Lipinski definition) is 3. The van der Waals surface area contributed by atoms with E-state index in [0.717, 1.165) is 12.0 Å². The maximum absolute atomic E-state index is 12.1. The lowest BCUT2D eigenvalue weighted by Crippen LogP contribution is -2.02. The Bertz CT molecular complexity index is 628. The summed E-state index contributed by atoms with van der Waals surface area (Å²) in [5.74, 6) is -0.509. The Hall–Kier alpha value is -2.07. The zero-order chi connectivity index (χ0) is 14.5. The lowest BCUT2D eigenvalue weighted by molar-refractivity contribution is -0.0789. The maximum atomic E-state index is 12.1. The van der Waals surface area contributed by atoms with Crippen molar-refractivity contribution < 1.29 is 19.0 Å². The van der Waals surface area contributed by atoms with Crippen LogP contribution in [-0.4, -0.2) is 5.97 Å². The van der Waals surface area contributed by atoms with E-state index in [1.165, 1.54) is 6.07 Å². The van der Waals surface area contributed by atoms with Gasteiger partial charge < -0.3 is 4.74 Å². The normalized spacial score (nSPS) is 10.2. The van der Waals surface area contributed by atoms with Crippen LogP contribution in [0.4, 0.5) is 4.53 Å². The third-order valence-corrected chi connectivity index (χ3v) is 3.11. The van der Waals surface area contributed by atoms with Crippen LogP contribution in [-0.2, 0) is 11.4 Å². The molecule has 0 bridgehead atoms. The molecular weight excluding hydrogens is 283 g/mol. The molecule has 0 aliphatic rings. The highest BCUT2D eigenvalue weighted by molar-refractivity contribution is 6.32. The topological polar surface area (TPSA) is 35.5 Å². The van der Waals surface area contributed by atoms with Crippen LogP contribution in [0.1, 0.15) is 22.8 Å². The van der Waals surface area contributed by atoms with E-state index in [1.807, 2.05) is 6.92 Å². The second kappa shape index (κ2) is 6.39. The van der Waals surface area contributed by atoms with Gasteiger partial charge in [0.1, 0.15) is 17.1 Å². The fourth-order valence-corrected chi connectivity index (χ4v) is 1.90. The molecule has 0 N–H and O–H groups in total. The first-order chi connectivity index (χ1) is 9.65. The van der Waals surface area contributed by atoms with Crippen molar-refractivity contribution in [3.63, 3.8) is 0 Å². The molecule has 0 saturated heterocycles. The number of carbonyl (C=O) groups is 1. The molecule has 3 nitrogen and oxygen atoms in total. The number of halogens is 2. The van der Waals surface area contributed by atoms with Crippen LogP contribution in [0.2, 0.25) is 5.02 Å². The molecule has 2 aromatic carbocycles. The molecule has 0 radical (unpaired) electrons. The molecule has 0 aliphatic carbocycles. The van der Waals surface area contributed by atoms with Crippen LogP contribution in [0.25, 0.3) is 0 Å². The molecule has 5 heteroatoms. The smallest absolute Gasteiger partial charge is 0.383 e. The highest BCUT2D eigenvalue weighted by atomic mass is 35.5. The van der Waals surface area contributed by atoms with Crippen LogP contribution < -0.4 is 4.74 Å². The van der Waals surface area contributed by atoms with Crippen LogP contribution in [0.15, 0.2) is 42.5 Å². The van der Waals surface area contributed by atoms with E-state index >= 15 is 0 Å². The number of para-hydroxylation sites is 1. The summed E-state index contributed by atoms with van der Waals surface area (Å²) in [6.07, 6.45) is 0.754. The first-order valence-electron chi connectivity index (χ1n) is 6.04. The van der Waals surface area contributed by atoms with Gasteiger partial charge in [-0.25, -0.2) is 9.74 Å². The molecular formula is C15H12ClFO3. The van der Waals surface area contributed by atoms with E-state index in [4.69, 9.17) is 16.3 Å². The van der Waals surface area contributed by atoms with E-state index in [-0.39, 0.29) is 11.3 Å². The summed E-state index contributed by atoms with van der Waals surface area (Å²) < 4.78 is 17.7. The van der Waals surface area contributed by atoms with Gasteiger partial charge in [0.25, 0.3) is 0 Å². The molecule has 0 atom stereocenters. The summed E-state index contributed by atoms with van der Waals surface area (Å²) >= 11 is 6.00. The minimum Gasteiger partial charge on any atom is -0.455 e. The Kier molecular flexibility index (Phi) is 4.58. The molecule has 0 aromatic heterocycles. The monoisotopic (exact) mass is 294 g/mol. The largest absolute Gasteiger partial charge is 0.455 e. The Balaban J connectivity index is 2.43. The van der Waals surface area contributed by atoms with Crippen molar-refractivity contribution in [2.75, 3.05) is 0 Å². The van der Waals surface area contributed by atoms with Gasteiger partial charge in [-0.15, -0.1) is 0 Å². The number of aryl methyl sites for hydroxylation is 1. The van der Waals surface area contributed by atoms with Crippen molar-refractivity contribution in [1.29, 1.82) is 0 Å². The van der Waals surface area contributed by atoms with Crippen LogP contribution in [0.5, 0.6) is 11.5 Å². The molecule has 2 aromatic rings. The minimum absolute atomic E-state index is 0.00428. The first kappa shape index (κ1) is 14.3. The van der Waals surface area contributed by atoms with Gasteiger partial charge >= 0.3 is 5.97 Å². The predicted octanol–water partition coefficient (Wildman–Crippen LogP) is 4.74. The average molecular weight is 295 g/mol. The van der Waals surface area contributed by atoms with Crippen molar-refractivity contribution in [1.82, 2.24) is 0 Å². The van der Waals surface area contributed by atoms with Gasteiger partial charge in [-0.1, -0.05) is 36.7 Å². The van der Waals surface area contributed by atoms with Crippen LogP contribution in [0, 0.1) is 0 Å². The molecule has 20 heavy (non-hydrogen) atoms. The van der Waals surface area contributed by atoms with E-state index in [0.29, 0.717) is 10.8 Å². The Morgan fingerprint density at radius 1 is 1.20 bits per heavy atom. The summed E-state index contributed by atoms with van der Waals surface area (Å²) in [6.45, 7) is 1.96. The molecule has 0 amide bonds. The van der Waals surface area contributed by atoms with Crippen molar-refractivity contribution in [3.8, 4) is 11.5 Å². The van der Waals surface area contributed by atoms with E-state index in [9.17, 15) is 9.32 Å². The van der Waals surface area contributed by atoms with Gasteiger partial charge in [-0.2, -0.15) is 0 Å². The minimum atomic E-state index is -1.10. The van der Waals surface area contributed by atoms with Gasteiger partial charge in [0, 0.05) is 4.53 Å². The highest BCUT2D eigenvalue weighted by Crippen LogP contribution is 2.32. The highest BCUT2D eigenvalue weighted by Gasteiger charge is 2.17. The predicted molar refractivity (Wildman–Crippen MR) is 73.9 cm³/mol. The standard InChI is InChI=1S/C15H12ClFO3/c1-2-10-7-8-11(15(18)20-17)14(9-10)19-13-6-4-3-5-12(13)16/h3-9H,2H2,1H3.